The van der Waals surface area contributed by atoms with E-state index in [0.717, 1.165) is 35.3 Å². The summed E-state index contributed by atoms with van der Waals surface area (Å²) >= 11 is 0. The summed E-state index contributed by atoms with van der Waals surface area (Å²) in [4.78, 5) is 18.2. The second-order valence-corrected chi connectivity index (χ2v) is 8.13. The van der Waals surface area contributed by atoms with Crippen molar-refractivity contribution >= 4 is 11.6 Å². The minimum Gasteiger partial charge on any atom is -0.348 e. The number of hydrogen-bond donors (Lipinski definition) is 1. The van der Waals surface area contributed by atoms with E-state index in [2.05, 4.69) is 36.5 Å². The van der Waals surface area contributed by atoms with Crippen molar-refractivity contribution in [2.75, 3.05) is 0 Å². The van der Waals surface area contributed by atoms with Gasteiger partial charge in [0.15, 0.2) is 0 Å². The van der Waals surface area contributed by atoms with Gasteiger partial charge in [-0.2, -0.15) is 0 Å². The highest BCUT2D eigenvalue weighted by atomic mass is 16.2. The Labute approximate surface area is 167 Å². The van der Waals surface area contributed by atoms with Gasteiger partial charge in [-0.25, -0.2) is 4.98 Å². The van der Waals surface area contributed by atoms with Crippen molar-refractivity contribution in [1.29, 1.82) is 0 Å². The number of aryl methyl sites for hydroxylation is 2. The van der Waals surface area contributed by atoms with Crippen molar-refractivity contribution in [3.63, 3.8) is 0 Å². The van der Waals surface area contributed by atoms with Crippen LogP contribution in [0.5, 0.6) is 0 Å². The molecule has 4 rings (SSSR count). The first-order valence-corrected chi connectivity index (χ1v) is 10.5. The Kier molecular flexibility index (Phi) is 5.47. The third kappa shape index (κ3) is 3.96. The van der Waals surface area contributed by atoms with Gasteiger partial charge < -0.3 is 5.32 Å². The number of carbonyl (C=O) groups is 1. The number of rotatable bonds is 3. The predicted octanol–water partition coefficient (Wildman–Crippen LogP) is 5.46. The molecule has 3 aromatic rings. The lowest BCUT2D eigenvalue weighted by Gasteiger charge is -2.21. The Morgan fingerprint density at radius 1 is 0.929 bits per heavy atom. The minimum absolute atomic E-state index is 0.0146. The lowest BCUT2D eigenvalue weighted by Crippen LogP contribution is -2.36. The molecular formula is C24H29N3O. The summed E-state index contributed by atoms with van der Waals surface area (Å²) in [6.07, 6.45) is 10.4. The highest BCUT2D eigenvalue weighted by Crippen LogP contribution is 2.26. The van der Waals surface area contributed by atoms with E-state index in [-0.39, 0.29) is 11.9 Å². The summed E-state index contributed by atoms with van der Waals surface area (Å²) in [5, 5.41) is 3.32. The Bertz CT molecular complexity index is 963. The maximum Gasteiger partial charge on any atom is 0.270 e. The third-order valence-electron chi connectivity index (χ3n) is 5.75. The number of pyridine rings is 1. The topological polar surface area (TPSA) is 46.4 Å². The molecule has 0 bridgehead atoms. The molecule has 146 valence electrons. The summed E-state index contributed by atoms with van der Waals surface area (Å²) in [6.45, 7) is 4.11. The first-order valence-electron chi connectivity index (χ1n) is 10.5. The number of nitrogens with one attached hydrogen (secondary N) is 1. The molecule has 4 heteroatoms. The van der Waals surface area contributed by atoms with Crippen LogP contribution in [0.15, 0.2) is 42.6 Å². The molecule has 28 heavy (non-hydrogen) atoms. The number of hydrogen-bond acceptors (Lipinski definition) is 2. The van der Waals surface area contributed by atoms with Crippen LogP contribution in [0.4, 0.5) is 0 Å². The highest BCUT2D eigenvalue weighted by molar-refractivity contribution is 5.99. The van der Waals surface area contributed by atoms with Crippen LogP contribution in [0.1, 0.15) is 66.6 Å². The van der Waals surface area contributed by atoms with Crippen LogP contribution in [-0.4, -0.2) is 21.3 Å². The first-order chi connectivity index (χ1) is 13.6. The number of nitrogens with zero attached hydrogens (tertiary/aromatic N) is 2. The van der Waals surface area contributed by atoms with Gasteiger partial charge >= 0.3 is 0 Å². The van der Waals surface area contributed by atoms with Gasteiger partial charge in [0.2, 0.25) is 0 Å². The lowest BCUT2D eigenvalue weighted by molar-refractivity contribution is 0.0925. The number of benzene rings is 1. The average Bonchev–Trinajstić information content (AvgIpc) is 3.03. The number of amides is 1. The molecule has 1 fully saturated rings. The molecule has 4 nitrogen and oxygen atoms in total. The van der Waals surface area contributed by atoms with E-state index in [1.165, 1.54) is 37.7 Å². The lowest BCUT2D eigenvalue weighted by atomic mass is 9.96. The fourth-order valence-corrected chi connectivity index (χ4v) is 4.13. The SMILES string of the molecule is Cc1ccc(-c2nc3ccc(C)cn3c2C(=O)NC2CCCCCCC2)cc1. The normalized spacial score (nSPS) is 15.9. The van der Waals surface area contributed by atoms with Gasteiger partial charge in [-0.15, -0.1) is 0 Å². The number of aromatic nitrogens is 2. The molecule has 0 aliphatic heterocycles. The second-order valence-electron chi connectivity index (χ2n) is 8.13. The molecule has 1 aromatic carbocycles. The molecule has 1 aliphatic carbocycles. The van der Waals surface area contributed by atoms with Gasteiger partial charge in [0.25, 0.3) is 5.91 Å². The Morgan fingerprint density at radius 3 is 2.29 bits per heavy atom. The smallest absolute Gasteiger partial charge is 0.270 e. The molecule has 0 unspecified atom stereocenters. The van der Waals surface area contributed by atoms with Crippen LogP contribution in [0.25, 0.3) is 16.9 Å². The number of imidazole rings is 1. The zero-order valence-corrected chi connectivity index (χ0v) is 16.9. The fourth-order valence-electron chi connectivity index (χ4n) is 4.13. The summed E-state index contributed by atoms with van der Waals surface area (Å²) in [6, 6.07) is 12.5. The van der Waals surface area contributed by atoms with Crippen molar-refractivity contribution in [2.45, 2.75) is 64.8 Å². The maximum atomic E-state index is 13.4. The van der Waals surface area contributed by atoms with E-state index in [9.17, 15) is 4.79 Å². The molecule has 0 saturated heterocycles. The van der Waals surface area contributed by atoms with Crippen LogP contribution < -0.4 is 5.32 Å². The first kappa shape index (κ1) is 18.7. The summed E-state index contributed by atoms with van der Waals surface area (Å²) < 4.78 is 1.95. The summed E-state index contributed by atoms with van der Waals surface area (Å²) in [7, 11) is 0. The fraction of sp³-hybridized carbons (Fsp3) is 0.417. The van der Waals surface area contributed by atoms with Crippen LogP contribution in [0.3, 0.4) is 0 Å². The Balaban J connectivity index is 1.72. The molecule has 2 heterocycles. The van der Waals surface area contributed by atoms with Gasteiger partial charge in [-0.1, -0.05) is 68.0 Å². The van der Waals surface area contributed by atoms with Gasteiger partial charge in [-0.3, -0.25) is 9.20 Å². The standard InChI is InChI=1S/C24H29N3O/c1-17-10-13-19(14-11-17)22-23(27-16-18(2)12-15-21(27)26-22)24(28)25-20-8-6-4-3-5-7-9-20/h10-16,20H,3-9H2,1-2H3,(H,25,28). The molecule has 0 radical (unpaired) electrons. The van der Waals surface area contributed by atoms with Crippen molar-refractivity contribution in [3.05, 3.63) is 59.4 Å². The molecule has 1 aliphatic rings. The second kappa shape index (κ2) is 8.17. The molecule has 1 N–H and O–H groups in total. The Morgan fingerprint density at radius 2 is 1.57 bits per heavy atom. The molecule has 0 atom stereocenters. The van der Waals surface area contributed by atoms with E-state index in [4.69, 9.17) is 4.98 Å². The van der Waals surface area contributed by atoms with Crippen molar-refractivity contribution in [1.82, 2.24) is 14.7 Å². The van der Waals surface area contributed by atoms with Crippen LogP contribution in [0, 0.1) is 13.8 Å². The maximum absolute atomic E-state index is 13.4. The monoisotopic (exact) mass is 375 g/mol. The van der Waals surface area contributed by atoms with Gasteiger partial charge in [-0.05, 0) is 38.3 Å². The molecule has 2 aromatic heterocycles. The Hall–Kier alpha value is -2.62. The largest absolute Gasteiger partial charge is 0.348 e. The molecule has 1 amide bonds. The van der Waals surface area contributed by atoms with Gasteiger partial charge in [0.1, 0.15) is 17.0 Å². The summed E-state index contributed by atoms with van der Waals surface area (Å²) in [5.74, 6) is -0.0146. The van der Waals surface area contributed by atoms with Crippen molar-refractivity contribution < 1.29 is 4.79 Å². The van der Waals surface area contributed by atoms with Gasteiger partial charge in [0, 0.05) is 17.8 Å². The summed E-state index contributed by atoms with van der Waals surface area (Å²) in [5.41, 5.74) is 5.50. The van der Waals surface area contributed by atoms with Gasteiger partial charge in [0.05, 0.1) is 0 Å². The van der Waals surface area contributed by atoms with Crippen LogP contribution >= 0.6 is 0 Å². The zero-order chi connectivity index (χ0) is 19.5. The number of fused-ring (bicyclic) bond motifs is 1. The van der Waals surface area contributed by atoms with Crippen LogP contribution in [-0.2, 0) is 0 Å². The quantitative estimate of drug-likeness (QED) is 0.661. The molecule has 0 spiro atoms. The predicted molar refractivity (Wildman–Crippen MR) is 114 cm³/mol. The van der Waals surface area contributed by atoms with E-state index < -0.39 is 0 Å². The van der Waals surface area contributed by atoms with Crippen molar-refractivity contribution in [2.24, 2.45) is 0 Å². The zero-order valence-electron chi connectivity index (χ0n) is 16.9. The highest BCUT2D eigenvalue weighted by Gasteiger charge is 2.23. The third-order valence-corrected chi connectivity index (χ3v) is 5.75. The average molecular weight is 376 g/mol. The van der Waals surface area contributed by atoms with Crippen LogP contribution in [0.2, 0.25) is 0 Å². The van der Waals surface area contributed by atoms with Crippen molar-refractivity contribution in [3.8, 4) is 11.3 Å². The van der Waals surface area contributed by atoms with E-state index >= 15 is 0 Å². The molecule has 1 saturated carbocycles. The van der Waals surface area contributed by atoms with E-state index in [0.29, 0.717) is 5.69 Å². The molecular weight excluding hydrogens is 346 g/mol. The number of carbonyl (C=O) groups excluding carboxylic acids is 1. The minimum atomic E-state index is -0.0146. The van der Waals surface area contributed by atoms with E-state index in [1.807, 2.05) is 29.7 Å². The van der Waals surface area contributed by atoms with E-state index in [1.54, 1.807) is 0 Å².